The summed E-state index contributed by atoms with van der Waals surface area (Å²) in [5.74, 6) is 0.0277. The van der Waals surface area contributed by atoms with Gasteiger partial charge in [-0.3, -0.25) is 4.79 Å². The van der Waals surface area contributed by atoms with Crippen molar-refractivity contribution in [3.05, 3.63) is 57.6 Å². The molecule has 2 aromatic carbocycles. The monoisotopic (exact) mass is 440 g/mol. The van der Waals surface area contributed by atoms with Gasteiger partial charge in [0.1, 0.15) is 10.6 Å². The topological polar surface area (TPSA) is 84.5 Å². The Bertz CT molecular complexity index is 896. The van der Waals surface area contributed by atoms with Gasteiger partial charge in [0.2, 0.25) is 10.0 Å². The van der Waals surface area contributed by atoms with E-state index in [2.05, 4.69) is 26.0 Å². The van der Waals surface area contributed by atoms with Crippen LogP contribution in [0.15, 0.2) is 45.8 Å². The average molecular weight is 441 g/mol. The van der Waals surface area contributed by atoms with Crippen molar-refractivity contribution < 1.29 is 17.9 Å². The van der Waals surface area contributed by atoms with Crippen molar-refractivity contribution in [2.75, 3.05) is 20.2 Å². The summed E-state index contributed by atoms with van der Waals surface area (Å²) in [6.45, 7) is 3.97. The number of aryl methyl sites for hydroxylation is 2. The Morgan fingerprint density at radius 3 is 2.31 bits per heavy atom. The summed E-state index contributed by atoms with van der Waals surface area (Å²) in [6.07, 6.45) is 0. The summed E-state index contributed by atoms with van der Waals surface area (Å²) in [6, 6.07) is 10.2. The van der Waals surface area contributed by atoms with Crippen molar-refractivity contribution in [3.8, 4) is 5.75 Å². The Kier molecular flexibility index (Phi) is 6.80. The van der Waals surface area contributed by atoms with Crippen LogP contribution < -0.4 is 14.8 Å². The minimum atomic E-state index is -3.74. The van der Waals surface area contributed by atoms with E-state index in [1.54, 1.807) is 36.4 Å². The van der Waals surface area contributed by atoms with E-state index in [4.69, 9.17) is 4.74 Å². The van der Waals surface area contributed by atoms with Crippen LogP contribution in [0.1, 0.15) is 21.5 Å². The molecule has 2 N–H and O–H groups in total. The predicted molar refractivity (Wildman–Crippen MR) is 104 cm³/mol. The maximum absolute atomic E-state index is 12.5. The van der Waals surface area contributed by atoms with Gasteiger partial charge >= 0.3 is 0 Å². The molecule has 0 aliphatic carbocycles. The lowest BCUT2D eigenvalue weighted by Crippen LogP contribution is -2.34. The molecule has 0 bridgehead atoms. The first-order valence-electron chi connectivity index (χ1n) is 7.93. The first-order valence-corrected chi connectivity index (χ1v) is 10.2. The van der Waals surface area contributed by atoms with E-state index >= 15 is 0 Å². The Balaban J connectivity index is 1.97. The van der Waals surface area contributed by atoms with Gasteiger partial charge in [-0.1, -0.05) is 15.9 Å². The molecule has 2 aromatic rings. The molecule has 0 saturated carbocycles. The van der Waals surface area contributed by atoms with Crippen molar-refractivity contribution >= 4 is 31.9 Å². The van der Waals surface area contributed by atoms with Crippen molar-refractivity contribution in [1.82, 2.24) is 10.0 Å². The lowest BCUT2D eigenvalue weighted by molar-refractivity contribution is 0.0954. The molecule has 2 rings (SSSR count). The van der Waals surface area contributed by atoms with Crippen LogP contribution >= 0.6 is 15.9 Å². The Morgan fingerprint density at radius 2 is 1.69 bits per heavy atom. The number of amides is 1. The standard InChI is InChI=1S/C18H21BrN2O4S/c1-12-10-16(25-3)17(11-13(12)2)26(23,24)21-9-8-20-18(22)14-4-6-15(19)7-5-14/h4-7,10-11,21H,8-9H2,1-3H3,(H,20,22). The van der Waals surface area contributed by atoms with Gasteiger partial charge in [0.25, 0.3) is 5.91 Å². The largest absolute Gasteiger partial charge is 0.495 e. The molecule has 0 atom stereocenters. The fourth-order valence-electron chi connectivity index (χ4n) is 2.28. The van der Waals surface area contributed by atoms with E-state index in [0.717, 1.165) is 15.6 Å². The van der Waals surface area contributed by atoms with Crippen LogP contribution in [0.25, 0.3) is 0 Å². The zero-order valence-electron chi connectivity index (χ0n) is 14.8. The van der Waals surface area contributed by atoms with Crippen LogP contribution in [0.2, 0.25) is 0 Å². The number of nitrogens with one attached hydrogen (secondary N) is 2. The Morgan fingerprint density at radius 1 is 1.08 bits per heavy atom. The first kappa shape index (κ1) is 20.4. The van der Waals surface area contributed by atoms with Gasteiger partial charge in [-0.05, 0) is 61.4 Å². The van der Waals surface area contributed by atoms with E-state index in [1.807, 2.05) is 13.8 Å². The fraction of sp³-hybridized carbons (Fsp3) is 0.278. The molecule has 1 amide bonds. The summed E-state index contributed by atoms with van der Waals surface area (Å²) >= 11 is 3.30. The SMILES string of the molecule is COc1cc(C)c(C)cc1S(=O)(=O)NCCNC(=O)c1ccc(Br)cc1. The Labute approximate surface area is 162 Å². The van der Waals surface area contributed by atoms with Crippen LogP contribution in [-0.4, -0.2) is 34.5 Å². The second-order valence-electron chi connectivity index (χ2n) is 5.75. The maximum Gasteiger partial charge on any atom is 0.251 e. The molecule has 0 heterocycles. The van der Waals surface area contributed by atoms with E-state index < -0.39 is 10.0 Å². The highest BCUT2D eigenvalue weighted by Gasteiger charge is 2.20. The van der Waals surface area contributed by atoms with Crippen LogP contribution in [0.3, 0.4) is 0 Å². The number of carbonyl (C=O) groups excluding carboxylic acids is 1. The molecule has 0 radical (unpaired) electrons. The van der Waals surface area contributed by atoms with E-state index in [0.29, 0.717) is 11.3 Å². The van der Waals surface area contributed by atoms with Crippen LogP contribution in [-0.2, 0) is 10.0 Å². The van der Waals surface area contributed by atoms with Gasteiger partial charge < -0.3 is 10.1 Å². The summed E-state index contributed by atoms with van der Waals surface area (Å²) in [5.41, 5.74) is 2.31. The number of halogens is 1. The summed E-state index contributed by atoms with van der Waals surface area (Å²) in [5, 5.41) is 2.68. The lowest BCUT2D eigenvalue weighted by Gasteiger charge is -2.13. The smallest absolute Gasteiger partial charge is 0.251 e. The third-order valence-corrected chi connectivity index (χ3v) is 5.89. The van der Waals surface area contributed by atoms with E-state index in [1.165, 1.54) is 7.11 Å². The van der Waals surface area contributed by atoms with Gasteiger partial charge in [-0.15, -0.1) is 0 Å². The van der Waals surface area contributed by atoms with Gasteiger partial charge in [0.05, 0.1) is 7.11 Å². The molecule has 26 heavy (non-hydrogen) atoms. The molecule has 6 nitrogen and oxygen atoms in total. The highest BCUT2D eigenvalue weighted by Crippen LogP contribution is 2.27. The number of hydrogen-bond acceptors (Lipinski definition) is 4. The summed E-state index contributed by atoms with van der Waals surface area (Å²) in [4.78, 5) is 12.1. The van der Waals surface area contributed by atoms with E-state index in [9.17, 15) is 13.2 Å². The van der Waals surface area contributed by atoms with Crippen molar-refractivity contribution in [3.63, 3.8) is 0 Å². The lowest BCUT2D eigenvalue weighted by atomic mass is 10.1. The molecular formula is C18H21BrN2O4S. The number of hydrogen-bond donors (Lipinski definition) is 2. The summed E-state index contributed by atoms with van der Waals surface area (Å²) in [7, 11) is -2.31. The van der Waals surface area contributed by atoms with Crippen molar-refractivity contribution in [2.24, 2.45) is 0 Å². The molecule has 0 aliphatic rings. The minimum absolute atomic E-state index is 0.0701. The molecule has 0 spiro atoms. The normalized spacial score (nSPS) is 11.2. The highest BCUT2D eigenvalue weighted by atomic mass is 79.9. The third kappa shape index (κ3) is 5.06. The van der Waals surface area contributed by atoms with E-state index in [-0.39, 0.29) is 23.9 Å². The number of benzene rings is 2. The molecule has 0 aromatic heterocycles. The van der Waals surface area contributed by atoms with Gasteiger partial charge in [0, 0.05) is 23.1 Å². The van der Waals surface area contributed by atoms with Crippen molar-refractivity contribution in [1.29, 1.82) is 0 Å². The van der Waals surface area contributed by atoms with Crippen LogP contribution in [0.4, 0.5) is 0 Å². The molecule has 0 saturated heterocycles. The zero-order valence-corrected chi connectivity index (χ0v) is 17.2. The third-order valence-electron chi connectivity index (χ3n) is 3.88. The fourth-order valence-corrected chi connectivity index (χ4v) is 3.80. The van der Waals surface area contributed by atoms with Gasteiger partial charge in [-0.25, -0.2) is 13.1 Å². The highest BCUT2D eigenvalue weighted by molar-refractivity contribution is 9.10. The summed E-state index contributed by atoms with van der Waals surface area (Å²) < 4.78 is 33.6. The number of sulfonamides is 1. The number of rotatable bonds is 7. The molecule has 0 unspecified atom stereocenters. The number of methoxy groups -OCH3 is 1. The molecule has 8 heteroatoms. The molecule has 0 fully saturated rings. The number of ether oxygens (including phenoxy) is 1. The molecule has 0 aliphatic heterocycles. The molecule has 140 valence electrons. The zero-order chi connectivity index (χ0) is 19.3. The second-order valence-corrected chi connectivity index (χ2v) is 8.40. The van der Waals surface area contributed by atoms with Gasteiger partial charge in [0.15, 0.2) is 0 Å². The quantitative estimate of drug-likeness (QED) is 0.648. The first-order chi connectivity index (χ1) is 12.2. The average Bonchev–Trinajstić information content (AvgIpc) is 2.61. The number of carbonyl (C=O) groups is 1. The minimum Gasteiger partial charge on any atom is -0.495 e. The van der Waals surface area contributed by atoms with Crippen molar-refractivity contribution in [2.45, 2.75) is 18.7 Å². The van der Waals surface area contributed by atoms with Crippen LogP contribution in [0.5, 0.6) is 5.75 Å². The molecular weight excluding hydrogens is 420 g/mol. The maximum atomic E-state index is 12.5. The second kappa shape index (κ2) is 8.66. The van der Waals surface area contributed by atoms with Crippen LogP contribution in [0, 0.1) is 13.8 Å². The van der Waals surface area contributed by atoms with Gasteiger partial charge in [-0.2, -0.15) is 0 Å². The predicted octanol–water partition coefficient (Wildman–Crippen LogP) is 2.78. The Hall–Kier alpha value is -1.90.